The summed E-state index contributed by atoms with van der Waals surface area (Å²) in [5.74, 6) is 1.24. The van der Waals surface area contributed by atoms with Crippen molar-refractivity contribution in [2.45, 2.75) is 45.4 Å². The number of aliphatic imine (C=N–C) groups is 1. The van der Waals surface area contributed by atoms with Gasteiger partial charge >= 0.3 is 0 Å². The van der Waals surface area contributed by atoms with Crippen molar-refractivity contribution >= 4 is 15.8 Å². The minimum atomic E-state index is -3.13. The normalized spacial score (nSPS) is 19.1. The topological polar surface area (TPSA) is 83.0 Å². The van der Waals surface area contributed by atoms with Crippen LogP contribution in [0.5, 0.6) is 0 Å². The minimum Gasteiger partial charge on any atom is -0.379 e. The molecule has 0 aromatic heterocycles. The highest BCUT2D eigenvalue weighted by Gasteiger charge is 2.28. The molecule has 1 saturated heterocycles. The molecule has 0 aromatic carbocycles. The van der Waals surface area contributed by atoms with Crippen molar-refractivity contribution in [3.8, 4) is 0 Å². The Morgan fingerprint density at radius 3 is 2.28 bits per heavy atom. The summed E-state index contributed by atoms with van der Waals surface area (Å²) >= 11 is 0. The summed E-state index contributed by atoms with van der Waals surface area (Å²) in [5, 5.41) is 6.45. The van der Waals surface area contributed by atoms with E-state index >= 15 is 0 Å². The van der Waals surface area contributed by atoms with Crippen LogP contribution in [0.2, 0.25) is 0 Å². The molecule has 0 spiro atoms. The summed E-state index contributed by atoms with van der Waals surface area (Å²) in [6.07, 6.45) is 0. The fourth-order valence-electron chi connectivity index (χ4n) is 2.73. The second kappa shape index (κ2) is 9.73. The van der Waals surface area contributed by atoms with Crippen molar-refractivity contribution in [1.29, 1.82) is 0 Å². The van der Waals surface area contributed by atoms with Crippen molar-refractivity contribution < 1.29 is 13.2 Å². The van der Waals surface area contributed by atoms with Crippen LogP contribution in [0.1, 0.15) is 34.6 Å². The number of hydrogen-bond donors (Lipinski definition) is 2. The molecular weight excluding hydrogens is 340 g/mol. The van der Waals surface area contributed by atoms with Crippen LogP contribution in [0.15, 0.2) is 4.99 Å². The van der Waals surface area contributed by atoms with Gasteiger partial charge in [0.15, 0.2) is 15.8 Å². The van der Waals surface area contributed by atoms with E-state index < -0.39 is 14.6 Å². The number of guanidine groups is 1. The number of rotatable bonds is 7. The first kappa shape index (κ1) is 22.2. The quantitative estimate of drug-likeness (QED) is 0.503. The van der Waals surface area contributed by atoms with Crippen molar-refractivity contribution in [2.24, 2.45) is 10.9 Å². The zero-order valence-electron chi connectivity index (χ0n) is 16.6. The Morgan fingerprint density at radius 2 is 1.80 bits per heavy atom. The molecule has 1 aliphatic heterocycles. The first-order valence-corrected chi connectivity index (χ1v) is 10.7. The van der Waals surface area contributed by atoms with Gasteiger partial charge in [-0.3, -0.25) is 9.89 Å². The smallest absolute Gasteiger partial charge is 0.191 e. The lowest BCUT2D eigenvalue weighted by molar-refractivity contribution is 0.00752. The van der Waals surface area contributed by atoms with Gasteiger partial charge in [-0.05, 0) is 26.7 Å². The summed E-state index contributed by atoms with van der Waals surface area (Å²) < 4.78 is 29.0. The van der Waals surface area contributed by atoms with Gasteiger partial charge in [0, 0.05) is 39.3 Å². The maximum atomic E-state index is 12.2. The molecule has 0 amide bonds. The fraction of sp³-hybridized carbons (Fsp3) is 0.941. The third kappa shape index (κ3) is 7.11. The van der Waals surface area contributed by atoms with Crippen molar-refractivity contribution in [1.82, 2.24) is 15.5 Å². The van der Waals surface area contributed by atoms with E-state index in [0.29, 0.717) is 24.5 Å². The van der Waals surface area contributed by atoms with Gasteiger partial charge < -0.3 is 15.4 Å². The predicted octanol–water partition coefficient (Wildman–Crippen LogP) is 0.722. The van der Waals surface area contributed by atoms with Crippen molar-refractivity contribution in [3.05, 3.63) is 0 Å². The molecule has 1 unspecified atom stereocenters. The average molecular weight is 377 g/mol. The molecule has 0 bridgehead atoms. The number of morpholine rings is 1. The van der Waals surface area contributed by atoms with E-state index in [9.17, 15) is 8.42 Å². The van der Waals surface area contributed by atoms with Crippen LogP contribution >= 0.6 is 0 Å². The third-order valence-electron chi connectivity index (χ3n) is 4.58. The van der Waals surface area contributed by atoms with Crippen LogP contribution < -0.4 is 10.6 Å². The summed E-state index contributed by atoms with van der Waals surface area (Å²) in [7, 11) is -1.43. The van der Waals surface area contributed by atoms with Gasteiger partial charge in [0.2, 0.25) is 0 Å². The summed E-state index contributed by atoms with van der Waals surface area (Å²) in [6, 6.07) is 0.390. The first-order chi connectivity index (χ1) is 11.6. The lowest BCUT2D eigenvalue weighted by Gasteiger charge is -2.37. The zero-order valence-corrected chi connectivity index (χ0v) is 17.4. The second-order valence-electron chi connectivity index (χ2n) is 7.77. The van der Waals surface area contributed by atoms with Gasteiger partial charge in [-0.25, -0.2) is 8.42 Å². The van der Waals surface area contributed by atoms with Gasteiger partial charge in [0.25, 0.3) is 0 Å². The number of hydrogen-bond acceptors (Lipinski definition) is 5. The van der Waals surface area contributed by atoms with Gasteiger partial charge in [-0.15, -0.1) is 0 Å². The second-order valence-corrected chi connectivity index (χ2v) is 10.6. The number of ether oxygens (including phenoxy) is 1. The van der Waals surface area contributed by atoms with E-state index in [-0.39, 0.29) is 5.75 Å². The molecule has 1 heterocycles. The predicted molar refractivity (Wildman–Crippen MR) is 104 cm³/mol. The number of nitrogens with zero attached hydrogens (tertiary/aromatic N) is 2. The molecule has 25 heavy (non-hydrogen) atoms. The van der Waals surface area contributed by atoms with Crippen LogP contribution in [0.4, 0.5) is 0 Å². The van der Waals surface area contributed by atoms with E-state index in [1.54, 1.807) is 27.8 Å². The van der Waals surface area contributed by atoms with Gasteiger partial charge in [0.1, 0.15) is 0 Å². The Morgan fingerprint density at radius 1 is 1.20 bits per heavy atom. The van der Waals surface area contributed by atoms with Crippen molar-refractivity contribution in [3.63, 3.8) is 0 Å². The van der Waals surface area contributed by atoms with Gasteiger partial charge in [0.05, 0.1) is 23.7 Å². The molecule has 8 heteroatoms. The van der Waals surface area contributed by atoms with Crippen LogP contribution in [0, 0.1) is 5.92 Å². The molecule has 0 aliphatic carbocycles. The monoisotopic (exact) mass is 376 g/mol. The molecule has 2 N–H and O–H groups in total. The first-order valence-electron chi connectivity index (χ1n) is 9.07. The Hall–Kier alpha value is -0.860. The molecule has 7 nitrogen and oxygen atoms in total. The van der Waals surface area contributed by atoms with E-state index in [0.717, 1.165) is 32.8 Å². The molecule has 1 rings (SSSR count). The largest absolute Gasteiger partial charge is 0.379 e. The van der Waals surface area contributed by atoms with Gasteiger partial charge in [-0.2, -0.15) is 0 Å². The highest BCUT2D eigenvalue weighted by molar-refractivity contribution is 7.92. The van der Waals surface area contributed by atoms with E-state index in [4.69, 9.17) is 4.74 Å². The lowest BCUT2D eigenvalue weighted by Crippen LogP contribution is -2.53. The van der Waals surface area contributed by atoms with E-state index in [2.05, 4.69) is 34.4 Å². The molecule has 148 valence electrons. The molecule has 1 fully saturated rings. The molecule has 0 saturated carbocycles. The lowest BCUT2D eigenvalue weighted by atomic mass is 10.0. The Kier molecular flexibility index (Phi) is 8.63. The molecule has 0 radical (unpaired) electrons. The minimum absolute atomic E-state index is 0.0915. The standard InChI is InChI=1S/C17H36N4O3S/c1-14(2)15(21-8-10-24-11-9-21)13-20-16(18-6)19-7-12-25(22,23)17(3,4)5/h14-15H,7-13H2,1-6H3,(H2,18,19,20). The Labute approximate surface area is 153 Å². The Balaban J connectivity index is 2.49. The molecular formula is C17H36N4O3S. The maximum Gasteiger partial charge on any atom is 0.191 e. The highest BCUT2D eigenvalue weighted by Crippen LogP contribution is 2.15. The molecule has 1 aliphatic rings. The Bertz CT molecular complexity index is 521. The van der Waals surface area contributed by atoms with Crippen molar-refractivity contribution in [2.75, 3.05) is 52.2 Å². The van der Waals surface area contributed by atoms with Crippen LogP contribution in [0.25, 0.3) is 0 Å². The highest BCUT2D eigenvalue weighted by atomic mass is 32.2. The fourth-order valence-corrected chi connectivity index (χ4v) is 3.71. The summed E-state index contributed by atoms with van der Waals surface area (Å²) in [4.78, 5) is 6.65. The summed E-state index contributed by atoms with van der Waals surface area (Å²) in [5.41, 5.74) is 0. The SMILES string of the molecule is CN=C(NCCS(=O)(=O)C(C)(C)C)NCC(C(C)C)N1CCOCC1. The molecule has 0 aromatic rings. The van der Waals surface area contributed by atoms with Crippen LogP contribution in [0.3, 0.4) is 0 Å². The summed E-state index contributed by atoms with van der Waals surface area (Å²) in [6.45, 7) is 14.2. The third-order valence-corrected chi connectivity index (χ3v) is 7.19. The van der Waals surface area contributed by atoms with Gasteiger partial charge in [-0.1, -0.05) is 13.8 Å². The van der Waals surface area contributed by atoms with Crippen LogP contribution in [-0.4, -0.2) is 82.3 Å². The average Bonchev–Trinajstić information content (AvgIpc) is 2.53. The number of nitrogens with one attached hydrogen (secondary N) is 2. The van der Waals surface area contributed by atoms with E-state index in [1.165, 1.54) is 0 Å². The molecule has 1 atom stereocenters. The number of sulfone groups is 1. The van der Waals surface area contributed by atoms with E-state index in [1.807, 2.05) is 0 Å². The zero-order chi connectivity index (χ0) is 19.1. The van der Waals surface area contributed by atoms with Crippen LogP contribution in [-0.2, 0) is 14.6 Å². The maximum absolute atomic E-state index is 12.2.